The zero-order chi connectivity index (χ0) is 27.4. The fourth-order valence-electron chi connectivity index (χ4n) is 4.74. The summed E-state index contributed by atoms with van der Waals surface area (Å²) in [4.78, 5) is 12.6. The van der Waals surface area contributed by atoms with Crippen LogP contribution in [0.3, 0.4) is 0 Å². The van der Waals surface area contributed by atoms with Crippen molar-refractivity contribution >= 4 is 32.5 Å². The number of carbonyl (C=O) groups excluding carboxylic acids is 1. The molecule has 0 radical (unpaired) electrons. The summed E-state index contributed by atoms with van der Waals surface area (Å²) in [6, 6.07) is 11.7. The molecule has 1 atom stereocenters. The zero-order valence-corrected chi connectivity index (χ0v) is 22.2. The summed E-state index contributed by atoms with van der Waals surface area (Å²) in [5.41, 5.74) is 4.07. The predicted octanol–water partition coefficient (Wildman–Crippen LogP) is 5.55. The molecule has 1 aliphatic rings. The topological polar surface area (TPSA) is 65.4 Å². The van der Waals surface area contributed by atoms with Crippen LogP contribution in [0.25, 0.3) is 16.5 Å². The maximum atomic E-state index is 13.8. The molecule has 0 bridgehead atoms. The van der Waals surface area contributed by atoms with Crippen molar-refractivity contribution in [1.82, 2.24) is 3.97 Å². The lowest BCUT2D eigenvalue weighted by Crippen LogP contribution is -2.21. The normalized spacial score (nSPS) is 14.4. The molecule has 0 amide bonds. The molecule has 0 saturated carbocycles. The molecule has 0 N–H and O–H groups in total. The first-order valence-corrected chi connectivity index (χ1v) is 13.6. The van der Waals surface area contributed by atoms with Gasteiger partial charge in [-0.2, -0.15) is 8.42 Å². The number of hydrogen-bond acceptors (Lipinski definition) is 4. The van der Waals surface area contributed by atoms with Gasteiger partial charge in [-0.25, -0.2) is 8.36 Å². The van der Waals surface area contributed by atoms with Crippen molar-refractivity contribution in [3.05, 3.63) is 76.7 Å². The number of halogens is 1. The van der Waals surface area contributed by atoms with E-state index in [0.29, 0.717) is 28.6 Å². The molecule has 0 fully saturated rings. The average molecular weight is 528 g/mol. The summed E-state index contributed by atoms with van der Waals surface area (Å²) in [5, 5.41) is 2.97. The standard InChI is InChI=1S/C31H26FNO4S/c1-5-7-8-9-18-38(35,36)33-28-17-13-23(21(3)4)19-27(28)30-26(22-10-14-25(32)15-11-22)16-12-24(31(30)33)20-29(34)37-6-2/h1,10-11,13-17,19,21,24H,6,12,20H2,2-4H3. The lowest BCUT2D eigenvalue weighted by atomic mass is 9.82. The molecule has 2 aromatic carbocycles. The van der Waals surface area contributed by atoms with Gasteiger partial charge in [0.2, 0.25) is 0 Å². The maximum Gasteiger partial charge on any atom is 0.309 e. The molecule has 3 aromatic rings. The average Bonchev–Trinajstić information content (AvgIpc) is 3.24. The minimum absolute atomic E-state index is 0.0127. The fourth-order valence-corrected chi connectivity index (χ4v) is 5.93. The molecular formula is C31H26FNO4S. The number of terminal acetylenes is 1. The SMILES string of the molecule is C#CC#CC#CS(=O)(=O)n1c2c(c3cc(C(C)C)ccc31)C(c1ccc(F)cc1)=CCC2CC(=O)OCC. The van der Waals surface area contributed by atoms with E-state index < -0.39 is 21.9 Å². The first kappa shape index (κ1) is 26.8. The lowest BCUT2D eigenvalue weighted by molar-refractivity contribution is -0.143. The van der Waals surface area contributed by atoms with Crippen molar-refractivity contribution < 1.29 is 22.3 Å². The maximum absolute atomic E-state index is 13.8. The molecule has 0 saturated heterocycles. The summed E-state index contributed by atoms with van der Waals surface area (Å²) in [6.07, 6.45) is 7.47. The summed E-state index contributed by atoms with van der Waals surface area (Å²) in [6.45, 7) is 6.04. The van der Waals surface area contributed by atoms with Gasteiger partial charge in [0, 0.05) is 34.4 Å². The van der Waals surface area contributed by atoms with Crippen molar-refractivity contribution in [2.75, 3.05) is 6.61 Å². The smallest absolute Gasteiger partial charge is 0.309 e. The molecule has 0 aliphatic heterocycles. The highest BCUT2D eigenvalue weighted by molar-refractivity contribution is 7.94. The van der Waals surface area contributed by atoms with Gasteiger partial charge in [0.15, 0.2) is 0 Å². The largest absolute Gasteiger partial charge is 0.466 e. The van der Waals surface area contributed by atoms with Crippen molar-refractivity contribution in [1.29, 1.82) is 0 Å². The van der Waals surface area contributed by atoms with Crippen LogP contribution in [0.2, 0.25) is 0 Å². The van der Waals surface area contributed by atoms with Gasteiger partial charge in [0.1, 0.15) is 5.82 Å². The van der Waals surface area contributed by atoms with E-state index >= 15 is 0 Å². The Bertz CT molecular complexity index is 1710. The third-order valence-corrected chi connectivity index (χ3v) is 7.64. The van der Waals surface area contributed by atoms with Crippen LogP contribution < -0.4 is 0 Å². The van der Waals surface area contributed by atoms with Crippen molar-refractivity contribution in [2.45, 2.75) is 45.4 Å². The van der Waals surface area contributed by atoms with Gasteiger partial charge in [-0.3, -0.25) is 4.79 Å². The highest BCUT2D eigenvalue weighted by Crippen LogP contribution is 2.46. The van der Waals surface area contributed by atoms with Gasteiger partial charge in [-0.1, -0.05) is 38.1 Å². The minimum Gasteiger partial charge on any atom is -0.466 e. The number of hydrogen-bond donors (Lipinski definition) is 0. The Hall–Kier alpha value is -4.25. The molecule has 192 valence electrons. The number of esters is 1. The second kappa shape index (κ2) is 11.0. The molecule has 5 nitrogen and oxygen atoms in total. The minimum atomic E-state index is -4.25. The number of carbonyl (C=O) groups is 1. The van der Waals surface area contributed by atoms with Crippen LogP contribution in [-0.2, 0) is 19.6 Å². The van der Waals surface area contributed by atoms with E-state index in [1.807, 2.05) is 18.2 Å². The second-order valence-corrected chi connectivity index (χ2v) is 10.7. The first-order chi connectivity index (χ1) is 18.2. The Morgan fingerprint density at radius 2 is 1.89 bits per heavy atom. The highest BCUT2D eigenvalue weighted by Gasteiger charge is 2.35. The van der Waals surface area contributed by atoms with Gasteiger partial charge < -0.3 is 4.74 Å². The lowest BCUT2D eigenvalue weighted by Gasteiger charge is -2.24. The summed E-state index contributed by atoms with van der Waals surface area (Å²) < 4.78 is 47.6. The van der Waals surface area contributed by atoms with E-state index in [0.717, 1.165) is 16.7 Å². The number of fused-ring (bicyclic) bond motifs is 3. The van der Waals surface area contributed by atoms with E-state index in [1.165, 1.54) is 16.1 Å². The predicted molar refractivity (Wildman–Crippen MR) is 147 cm³/mol. The summed E-state index contributed by atoms with van der Waals surface area (Å²) in [7, 11) is -4.25. The van der Waals surface area contributed by atoms with E-state index in [2.05, 4.69) is 42.8 Å². The number of nitrogens with zero attached hydrogens (tertiary/aromatic N) is 1. The van der Waals surface area contributed by atoms with Gasteiger partial charge in [-0.05, 0) is 72.1 Å². The number of rotatable bonds is 6. The molecule has 0 spiro atoms. The summed E-state index contributed by atoms with van der Waals surface area (Å²) in [5.74, 6) is 7.97. The first-order valence-electron chi connectivity index (χ1n) is 12.2. The van der Waals surface area contributed by atoms with E-state index in [1.54, 1.807) is 25.1 Å². The van der Waals surface area contributed by atoms with Crippen molar-refractivity contribution in [2.24, 2.45) is 0 Å². The van der Waals surface area contributed by atoms with Gasteiger partial charge in [-0.15, -0.1) is 6.42 Å². The molecule has 7 heteroatoms. The molecule has 4 rings (SSSR count). The Balaban J connectivity index is 2.08. The monoisotopic (exact) mass is 527 g/mol. The fraction of sp³-hybridized carbons (Fsp3) is 0.258. The van der Waals surface area contributed by atoms with Crippen LogP contribution in [0, 0.1) is 41.2 Å². The van der Waals surface area contributed by atoms with E-state index in [-0.39, 0.29) is 24.8 Å². The van der Waals surface area contributed by atoms with Crippen molar-refractivity contribution in [3.63, 3.8) is 0 Å². The third-order valence-electron chi connectivity index (χ3n) is 6.40. The van der Waals surface area contributed by atoms with Gasteiger partial charge in [0.05, 0.1) is 23.8 Å². The molecule has 1 heterocycles. The highest BCUT2D eigenvalue weighted by atomic mass is 32.2. The quantitative estimate of drug-likeness (QED) is 0.311. The Morgan fingerprint density at radius 1 is 1.16 bits per heavy atom. The Labute approximate surface area is 222 Å². The number of benzene rings is 2. The van der Waals surface area contributed by atoms with E-state index in [4.69, 9.17) is 11.2 Å². The molecule has 38 heavy (non-hydrogen) atoms. The molecule has 1 aliphatic carbocycles. The second-order valence-electron chi connectivity index (χ2n) is 9.15. The molecule has 1 aromatic heterocycles. The third kappa shape index (κ3) is 5.23. The summed E-state index contributed by atoms with van der Waals surface area (Å²) >= 11 is 0. The zero-order valence-electron chi connectivity index (χ0n) is 21.3. The van der Waals surface area contributed by atoms with Gasteiger partial charge in [0.25, 0.3) is 0 Å². The van der Waals surface area contributed by atoms with Crippen LogP contribution >= 0.6 is 0 Å². The number of aromatic nitrogens is 1. The van der Waals surface area contributed by atoms with Crippen molar-refractivity contribution in [3.8, 4) is 35.4 Å². The van der Waals surface area contributed by atoms with Crippen LogP contribution in [-0.4, -0.2) is 25.0 Å². The van der Waals surface area contributed by atoms with Crippen LogP contribution in [0.5, 0.6) is 0 Å². The Kier molecular flexibility index (Phi) is 7.77. The van der Waals surface area contributed by atoms with E-state index in [9.17, 15) is 17.6 Å². The molecule has 1 unspecified atom stereocenters. The molecular weight excluding hydrogens is 501 g/mol. The van der Waals surface area contributed by atoms with Gasteiger partial charge >= 0.3 is 16.0 Å². The van der Waals surface area contributed by atoms with Crippen LogP contribution in [0.1, 0.15) is 67.8 Å². The van der Waals surface area contributed by atoms with Crippen LogP contribution in [0.4, 0.5) is 4.39 Å². The number of allylic oxidation sites excluding steroid dienone is 1. The number of ether oxygens (including phenoxy) is 1. The van der Waals surface area contributed by atoms with Crippen LogP contribution in [0.15, 0.2) is 48.5 Å². The Morgan fingerprint density at radius 3 is 2.55 bits per heavy atom.